The quantitative estimate of drug-likeness (QED) is 0.263. The smallest absolute Gasteiger partial charge is 0.176 e. The van der Waals surface area contributed by atoms with E-state index >= 15 is 0 Å². The van der Waals surface area contributed by atoms with Crippen LogP contribution < -0.4 is 5.73 Å². The van der Waals surface area contributed by atoms with Gasteiger partial charge in [0.25, 0.3) is 0 Å². The molecule has 4 aromatic rings. The molecule has 1 saturated heterocycles. The van der Waals surface area contributed by atoms with Gasteiger partial charge in [-0.05, 0) is 30.4 Å². The molecule has 9 nitrogen and oxygen atoms in total. The van der Waals surface area contributed by atoms with Gasteiger partial charge in [0.15, 0.2) is 17.2 Å². The summed E-state index contributed by atoms with van der Waals surface area (Å²) in [4.78, 5) is 12.6. The van der Waals surface area contributed by atoms with Crippen LogP contribution in [0.25, 0.3) is 11.2 Å². The molecule has 1 fully saturated rings. The fraction of sp³-hybridized carbons (Fsp3) is 0.370. The molecule has 0 radical (unpaired) electrons. The first-order valence-corrected chi connectivity index (χ1v) is 12.2. The molecular formula is C27H31N5O4. The van der Waals surface area contributed by atoms with Crippen LogP contribution in [-0.2, 0) is 10.5 Å². The molecule has 0 aliphatic carbocycles. The molecule has 9 heteroatoms. The Balaban J connectivity index is 1.40. The molecular weight excluding hydrogens is 458 g/mol. The summed E-state index contributed by atoms with van der Waals surface area (Å²) in [5.74, 6) is 0.448. The van der Waals surface area contributed by atoms with Gasteiger partial charge in [0, 0.05) is 5.92 Å². The van der Waals surface area contributed by atoms with E-state index in [-0.39, 0.29) is 11.7 Å². The Bertz CT molecular complexity index is 1250. The summed E-state index contributed by atoms with van der Waals surface area (Å²) < 4.78 is 7.78. The summed E-state index contributed by atoms with van der Waals surface area (Å²) in [7, 11) is 0. The molecule has 2 aromatic carbocycles. The summed E-state index contributed by atoms with van der Waals surface area (Å²) in [6.45, 7) is -0.423. The molecule has 2 aromatic heterocycles. The maximum atomic E-state index is 11.2. The lowest BCUT2D eigenvalue weighted by atomic mass is 9.86. The van der Waals surface area contributed by atoms with Crippen LogP contribution in [0.15, 0.2) is 73.3 Å². The van der Waals surface area contributed by atoms with Crippen LogP contribution in [0.4, 0.5) is 5.82 Å². The van der Waals surface area contributed by atoms with Crippen LogP contribution in [0.3, 0.4) is 0 Å². The van der Waals surface area contributed by atoms with Crippen molar-refractivity contribution in [2.75, 3.05) is 12.3 Å². The van der Waals surface area contributed by atoms with E-state index < -0.39 is 30.6 Å². The van der Waals surface area contributed by atoms with E-state index in [4.69, 9.17) is 10.5 Å². The fourth-order valence-corrected chi connectivity index (χ4v) is 5.30. The number of rotatable bonds is 9. The highest BCUT2D eigenvalue weighted by Gasteiger charge is 2.55. The Morgan fingerprint density at radius 1 is 0.944 bits per heavy atom. The first-order valence-electron chi connectivity index (χ1n) is 12.2. The molecule has 5 N–H and O–H groups in total. The number of hydrogen-bond acceptors (Lipinski definition) is 8. The molecule has 0 amide bonds. The standard InChI is InChI=1S/C27H31N5O4/c28-25-22-26(30-16-29-25)32(17-31-22)27(24(35)23(34)21(15-33)36-27)14-8-7-13-20(18-9-3-1-4-10-18)19-11-5-2-6-12-19/h1-6,9-12,16-17,20-21,23-24,33-35H,7-8,13-15H2,(H2,28,29,30)/t21-,23-,24-,27-/m1/s1. The van der Waals surface area contributed by atoms with Crippen LogP contribution >= 0.6 is 0 Å². The molecule has 0 saturated carbocycles. The SMILES string of the molecule is Nc1ncnc2c1ncn2[C@]1(CCCCC(c2ccccc2)c2ccccc2)O[C@H](CO)[C@@H](O)[C@H]1O. The van der Waals surface area contributed by atoms with Crippen molar-refractivity contribution in [3.63, 3.8) is 0 Å². The maximum Gasteiger partial charge on any atom is 0.176 e. The number of ether oxygens (including phenoxy) is 1. The van der Waals surface area contributed by atoms with Gasteiger partial charge in [-0.3, -0.25) is 4.57 Å². The highest BCUT2D eigenvalue weighted by molar-refractivity contribution is 5.81. The molecule has 1 aliphatic heterocycles. The van der Waals surface area contributed by atoms with Crippen LogP contribution in [-0.4, -0.2) is 59.8 Å². The van der Waals surface area contributed by atoms with Gasteiger partial charge in [-0.1, -0.05) is 67.1 Å². The summed E-state index contributed by atoms with van der Waals surface area (Å²) in [5, 5.41) is 31.6. The third-order valence-electron chi connectivity index (χ3n) is 7.15. The number of benzene rings is 2. The van der Waals surface area contributed by atoms with Crippen molar-refractivity contribution in [1.82, 2.24) is 19.5 Å². The monoisotopic (exact) mass is 489 g/mol. The molecule has 36 heavy (non-hydrogen) atoms. The van der Waals surface area contributed by atoms with Gasteiger partial charge in [0.05, 0.1) is 12.9 Å². The Morgan fingerprint density at radius 2 is 1.61 bits per heavy atom. The highest BCUT2D eigenvalue weighted by atomic mass is 16.6. The normalized spacial score (nSPS) is 24.1. The maximum absolute atomic E-state index is 11.2. The van der Waals surface area contributed by atoms with Gasteiger partial charge >= 0.3 is 0 Å². The van der Waals surface area contributed by atoms with Crippen molar-refractivity contribution in [2.45, 2.75) is 55.6 Å². The number of unbranched alkanes of at least 4 members (excludes halogenated alkanes) is 1. The number of imidazole rings is 1. The minimum absolute atomic E-state index is 0.217. The largest absolute Gasteiger partial charge is 0.394 e. The topological polar surface area (TPSA) is 140 Å². The molecule has 0 unspecified atom stereocenters. The van der Waals surface area contributed by atoms with Crippen LogP contribution in [0.2, 0.25) is 0 Å². The second-order valence-electron chi connectivity index (χ2n) is 9.28. The molecule has 3 heterocycles. The van der Waals surface area contributed by atoms with Gasteiger partial charge < -0.3 is 25.8 Å². The van der Waals surface area contributed by atoms with Gasteiger partial charge in [-0.2, -0.15) is 0 Å². The van der Waals surface area contributed by atoms with Crippen molar-refractivity contribution in [1.29, 1.82) is 0 Å². The predicted molar refractivity (Wildman–Crippen MR) is 135 cm³/mol. The lowest BCUT2D eigenvalue weighted by molar-refractivity contribution is -0.151. The van der Waals surface area contributed by atoms with E-state index in [1.165, 1.54) is 23.8 Å². The van der Waals surface area contributed by atoms with Crippen LogP contribution in [0, 0.1) is 0 Å². The van der Waals surface area contributed by atoms with E-state index in [1.807, 2.05) is 12.1 Å². The van der Waals surface area contributed by atoms with Crippen molar-refractivity contribution in [3.8, 4) is 0 Å². The highest BCUT2D eigenvalue weighted by Crippen LogP contribution is 2.42. The van der Waals surface area contributed by atoms with E-state index in [0.29, 0.717) is 24.0 Å². The van der Waals surface area contributed by atoms with Gasteiger partial charge in [-0.25, -0.2) is 15.0 Å². The summed E-state index contributed by atoms with van der Waals surface area (Å²) in [5.41, 5.74) is 7.91. The van der Waals surface area contributed by atoms with E-state index in [2.05, 4.69) is 63.5 Å². The number of aromatic nitrogens is 4. The number of fused-ring (bicyclic) bond motifs is 1. The average Bonchev–Trinajstić information content (AvgIpc) is 3.46. The molecule has 4 atom stereocenters. The Hall–Kier alpha value is -3.37. The van der Waals surface area contributed by atoms with Gasteiger partial charge in [-0.15, -0.1) is 0 Å². The van der Waals surface area contributed by atoms with Crippen molar-refractivity contribution in [2.24, 2.45) is 0 Å². The number of aliphatic hydroxyl groups is 3. The van der Waals surface area contributed by atoms with Crippen LogP contribution in [0.1, 0.15) is 42.7 Å². The number of aliphatic hydroxyl groups excluding tert-OH is 3. The van der Waals surface area contributed by atoms with E-state index in [1.54, 1.807) is 4.57 Å². The minimum Gasteiger partial charge on any atom is -0.394 e. The average molecular weight is 490 g/mol. The molecule has 0 spiro atoms. The van der Waals surface area contributed by atoms with Gasteiger partial charge in [0.1, 0.15) is 30.2 Å². The first kappa shape index (κ1) is 24.3. The van der Waals surface area contributed by atoms with Crippen molar-refractivity contribution < 1.29 is 20.1 Å². The molecule has 5 rings (SSSR count). The first-order chi connectivity index (χ1) is 17.5. The Morgan fingerprint density at radius 3 is 2.22 bits per heavy atom. The third-order valence-corrected chi connectivity index (χ3v) is 7.15. The minimum atomic E-state index is -1.35. The lowest BCUT2D eigenvalue weighted by Crippen LogP contribution is -2.45. The summed E-state index contributed by atoms with van der Waals surface area (Å²) in [6.07, 6.45) is 2.17. The van der Waals surface area contributed by atoms with E-state index in [9.17, 15) is 15.3 Å². The summed E-state index contributed by atoms with van der Waals surface area (Å²) in [6, 6.07) is 20.8. The Kier molecular flexibility index (Phi) is 6.97. The van der Waals surface area contributed by atoms with Gasteiger partial charge in [0.2, 0.25) is 0 Å². The number of anilines is 1. The summed E-state index contributed by atoms with van der Waals surface area (Å²) >= 11 is 0. The second kappa shape index (κ2) is 10.3. The lowest BCUT2D eigenvalue weighted by Gasteiger charge is -2.34. The second-order valence-corrected chi connectivity index (χ2v) is 9.28. The van der Waals surface area contributed by atoms with Crippen LogP contribution in [0.5, 0.6) is 0 Å². The number of nitrogen functional groups attached to an aromatic ring is 1. The number of nitrogens with zero attached hydrogens (tertiary/aromatic N) is 4. The molecule has 1 aliphatic rings. The third kappa shape index (κ3) is 4.35. The Labute approximate surface area is 209 Å². The fourth-order valence-electron chi connectivity index (χ4n) is 5.30. The number of hydrogen-bond donors (Lipinski definition) is 4. The van der Waals surface area contributed by atoms with Crippen molar-refractivity contribution in [3.05, 3.63) is 84.4 Å². The molecule has 188 valence electrons. The van der Waals surface area contributed by atoms with Crippen molar-refractivity contribution >= 4 is 17.0 Å². The molecule has 0 bridgehead atoms. The zero-order valence-corrected chi connectivity index (χ0v) is 19.9. The number of nitrogens with two attached hydrogens (primary N) is 1. The zero-order chi connectivity index (χ0) is 25.1. The van der Waals surface area contributed by atoms with E-state index in [0.717, 1.165) is 12.8 Å². The predicted octanol–water partition coefficient (Wildman–Crippen LogP) is 2.57. The zero-order valence-electron chi connectivity index (χ0n) is 19.9.